The van der Waals surface area contributed by atoms with Crippen molar-refractivity contribution in [2.45, 2.75) is 13.3 Å². The van der Waals surface area contributed by atoms with Crippen LogP contribution in [0.2, 0.25) is 0 Å². The number of esters is 1. The molecule has 1 aromatic carbocycles. The molecule has 1 atom stereocenters. The summed E-state index contributed by atoms with van der Waals surface area (Å²) in [6.45, 7) is 1.71. The van der Waals surface area contributed by atoms with Gasteiger partial charge in [-0.2, -0.15) is 0 Å². The number of hydrogen-bond acceptors (Lipinski definition) is 3. The van der Waals surface area contributed by atoms with Crippen molar-refractivity contribution >= 4 is 11.9 Å². The summed E-state index contributed by atoms with van der Waals surface area (Å²) >= 11 is 0. The number of carboxylic acids is 1. The summed E-state index contributed by atoms with van der Waals surface area (Å²) in [5, 5.41) is 8.62. The van der Waals surface area contributed by atoms with E-state index >= 15 is 0 Å². The van der Waals surface area contributed by atoms with Crippen molar-refractivity contribution in [3.05, 3.63) is 35.9 Å². The Morgan fingerprint density at radius 2 is 1.94 bits per heavy atom. The lowest BCUT2D eigenvalue weighted by Gasteiger charge is -2.07. The maximum absolute atomic E-state index is 11.4. The van der Waals surface area contributed by atoms with E-state index in [1.54, 1.807) is 31.2 Å². The van der Waals surface area contributed by atoms with E-state index in [9.17, 15) is 9.59 Å². The van der Waals surface area contributed by atoms with Gasteiger partial charge >= 0.3 is 11.9 Å². The zero-order valence-electron chi connectivity index (χ0n) is 9.05. The number of hydrogen-bond donors (Lipinski definition) is 1. The molecule has 0 aliphatic carbocycles. The second-order valence-electron chi connectivity index (χ2n) is 3.53. The fourth-order valence-electron chi connectivity index (χ4n) is 1.11. The minimum atomic E-state index is -0.879. The van der Waals surface area contributed by atoms with Gasteiger partial charge in [-0.05, 0) is 18.6 Å². The van der Waals surface area contributed by atoms with Gasteiger partial charge in [-0.25, -0.2) is 4.79 Å². The topological polar surface area (TPSA) is 63.6 Å². The van der Waals surface area contributed by atoms with Crippen LogP contribution in [0.5, 0.6) is 0 Å². The summed E-state index contributed by atoms with van der Waals surface area (Å²) in [4.78, 5) is 21.9. The zero-order chi connectivity index (χ0) is 12.0. The monoisotopic (exact) mass is 222 g/mol. The second kappa shape index (κ2) is 5.90. The third-order valence-corrected chi connectivity index (χ3v) is 2.22. The maximum atomic E-state index is 11.4. The Hall–Kier alpha value is -1.84. The summed E-state index contributed by atoms with van der Waals surface area (Å²) in [6, 6.07) is 8.61. The van der Waals surface area contributed by atoms with E-state index in [0.29, 0.717) is 12.0 Å². The quantitative estimate of drug-likeness (QED) is 0.773. The molecule has 1 unspecified atom stereocenters. The van der Waals surface area contributed by atoms with Crippen LogP contribution in [0.1, 0.15) is 23.7 Å². The highest BCUT2D eigenvalue weighted by Gasteiger charge is 2.12. The predicted octanol–water partition coefficient (Wildman–Crippen LogP) is 1.95. The highest BCUT2D eigenvalue weighted by molar-refractivity contribution is 5.89. The lowest BCUT2D eigenvalue weighted by atomic mass is 10.1. The molecule has 1 N–H and O–H groups in total. The summed E-state index contributed by atoms with van der Waals surface area (Å²) in [5.74, 6) is -1.79. The Balaban J connectivity index is 2.34. The van der Waals surface area contributed by atoms with Crippen molar-refractivity contribution in [2.75, 3.05) is 6.61 Å². The molecule has 0 heterocycles. The second-order valence-corrected chi connectivity index (χ2v) is 3.53. The summed E-state index contributed by atoms with van der Waals surface area (Å²) in [5.41, 5.74) is 0.477. The Morgan fingerprint density at radius 3 is 2.50 bits per heavy atom. The van der Waals surface area contributed by atoms with Gasteiger partial charge in [0.25, 0.3) is 0 Å². The number of carbonyl (C=O) groups is 2. The number of carboxylic acid groups (broad SMARTS) is 1. The first-order chi connectivity index (χ1) is 7.61. The molecule has 16 heavy (non-hydrogen) atoms. The maximum Gasteiger partial charge on any atom is 0.338 e. The van der Waals surface area contributed by atoms with Crippen molar-refractivity contribution in [1.29, 1.82) is 0 Å². The van der Waals surface area contributed by atoms with Gasteiger partial charge in [-0.15, -0.1) is 0 Å². The molecular formula is C12H14O4. The first kappa shape index (κ1) is 12.2. The number of rotatable bonds is 5. The molecule has 1 rings (SSSR count). The van der Waals surface area contributed by atoms with E-state index in [4.69, 9.17) is 9.84 Å². The first-order valence-electron chi connectivity index (χ1n) is 5.06. The van der Waals surface area contributed by atoms with Crippen LogP contribution < -0.4 is 0 Å². The molecule has 0 saturated carbocycles. The lowest BCUT2D eigenvalue weighted by molar-refractivity contribution is -0.141. The van der Waals surface area contributed by atoms with Gasteiger partial charge in [-0.1, -0.05) is 25.1 Å². The van der Waals surface area contributed by atoms with Crippen molar-refractivity contribution in [2.24, 2.45) is 5.92 Å². The van der Waals surface area contributed by atoms with Crippen LogP contribution in [-0.4, -0.2) is 23.7 Å². The Morgan fingerprint density at radius 1 is 1.31 bits per heavy atom. The largest absolute Gasteiger partial charge is 0.481 e. The number of benzene rings is 1. The van der Waals surface area contributed by atoms with Gasteiger partial charge in [0.05, 0.1) is 18.1 Å². The van der Waals surface area contributed by atoms with Gasteiger partial charge in [0.2, 0.25) is 0 Å². The number of carbonyl (C=O) groups excluding carboxylic acids is 1. The van der Waals surface area contributed by atoms with Crippen LogP contribution in [0.3, 0.4) is 0 Å². The smallest absolute Gasteiger partial charge is 0.338 e. The Bertz CT molecular complexity index is 359. The molecule has 0 aromatic heterocycles. The molecule has 0 aliphatic heterocycles. The summed E-state index contributed by atoms with van der Waals surface area (Å²) in [6.07, 6.45) is 0.327. The van der Waals surface area contributed by atoms with E-state index in [-0.39, 0.29) is 6.61 Å². The SMILES string of the molecule is CC(CCOC(=O)c1ccccc1)C(=O)O. The molecule has 1 aromatic rings. The van der Waals surface area contributed by atoms with E-state index in [0.717, 1.165) is 0 Å². The number of aliphatic carboxylic acids is 1. The molecular weight excluding hydrogens is 208 g/mol. The highest BCUT2D eigenvalue weighted by atomic mass is 16.5. The normalized spacial score (nSPS) is 11.8. The summed E-state index contributed by atoms with van der Waals surface area (Å²) < 4.78 is 4.95. The molecule has 0 spiro atoms. The average Bonchev–Trinajstić information content (AvgIpc) is 2.29. The molecule has 4 nitrogen and oxygen atoms in total. The van der Waals surface area contributed by atoms with E-state index < -0.39 is 17.9 Å². The molecule has 0 radical (unpaired) electrons. The van der Waals surface area contributed by atoms with Gasteiger partial charge in [0.1, 0.15) is 0 Å². The number of ether oxygens (including phenoxy) is 1. The molecule has 0 saturated heterocycles. The van der Waals surface area contributed by atoms with Crippen LogP contribution >= 0.6 is 0 Å². The highest BCUT2D eigenvalue weighted by Crippen LogP contribution is 2.05. The van der Waals surface area contributed by atoms with Gasteiger partial charge in [0.15, 0.2) is 0 Å². The van der Waals surface area contributed by atoms with E-state index in [1.807, 2.05) is 6.07 Å². The molecule has 0 bridgehead atoms. The molecule has 0 fully saturated rings. The van der Waals surface area contributed by atoms with Crippen LogP contribution in [0.15, 0.2) is 30.3 Å². The third kappa shape index (κ3) is 3.73. The third-order valence-electron chi connectivity index (χ3n) is 2.22. The van der Waals surface area contributed by atoms with Gasteiger partial charge in [-0.3, -0.25) is 4.79 Å². The van der Waals surface area contributed by atoms with Crippen LogP contribution in [-0.2, 0) is 9.53 Å². The fraction of sp³-hybridized carbons (Fsp3) is 0.333. The van der Waals surface area contributed by atoms with Crippen molar-refractivity contribution in [1.82, 2.24) is 0 Å². The van der Waals surface area contributed by atoms with Crippen LogP contribution in [0, 0.1) is 5.92 Å². The van der Waals surface area contributed by atoms with Crippen molar-refractivity contribution in [3.8, 4) is 0 Å². The van der Waals surface area contributed by atoms with E-state index in [2.05, 4.69) is 0 Å². The molecule has 4 heteroatoms. The Kier molecular flexibility index (Phi) is 4.51. The van der Waals surface area contributed by atoms with Gasteiger partial charge < -0.3 is 9.84 Å². The fourth-order valence-corrected chi connectivity index (χ4v) is 1.11. The van der Waals surface area contributed by atoms with E-state index in [1.165, 1.54) is 0 Å². The average molecular weight is 222 g/mol. The van der Waals surface area contributed by atoms with Crippen molar-refractivity contribution in [3.63, 3.8) is 0 Å². The lowest BCUT2D eigenvalue weighted by Crippen LogP contribution is -2.14. The minimum Gasteiger partial charge on any atom is -0.481 e. The minimum absolute atomic E-state index is 0.126. The first-order valence-corrected chi connectivity index (χ1v) is 5.06. The van der Waals surface area contributed by atoms with Crippen molar-refractivity contribution < 1.29 is 19.4 Å². The molecule has 0 aliphatic rings. The van der Waals surface area contributed by atoms with Gasteiger partial charge in [0, 0.05) is 0 Å². The van der Waals surface area contributed by atoms with Crippen LogP contribution in [0.4, 0.5) is 0 Å². The van der Waals surface area contributed by atoms with Crippen LogP contribution in [0.25, 0.3) is 0 Å². The standard InChI is InChI=1S/C12H14O4/c1-9(11(13)14)7-8-16-12(15)10-5-3-2-4-6-10/h2-6,9H,7-8H2,1H3,(H,13,14). The molecule has 86 valence electrons. The molecule has 0 amide bonds. The Labute approximate surface area is 93.9 Å². The predicted molar refractivity (Wildman–Crippen MR) is 58.1 cm³/mol. The summed E-state index contributed by atoms with van der Waals surface area (Å²) in [7, 11) is 0. The zero-order valence-corrected chi connectivity index (χ0v) is 9.05.